The highest BCUT2D eigenvalue weighted by Gasteiger charge is 2.32. The lowest BCUT2D eigenvalue weighted by molar-refractivity contribution is -0.386. The molecule has 10 heteroatoms. The van der Waals surface area contributed by atoms with Gasteiger partial charge in [0.2, 0.25) is 5.91 Å². The van der Waals surface area contributed by atoms with Crippen LogP contribution in [0.3, 0.4) is 0 Å². The molecule has 32 heavy (non-hydrogen) atoms. The van der Waals surface area contributed by atoms with Gasteiger partial charge in [-0.15, -0.1) is 0 Å². The maximum Gasteiger partial charge on any atom is 0.322 e. The summed E-state index contributed by atoms with van der Waals surface area (Å²) in [6.07, 6.45) is 1.53. The average molecular weight is 470 g/mol. The van der Waals surface area contributed by atoms with Crippen LogP contribution in [0.1, 0.15) is 79.9 Å². The zero-order valence-corrected chi connectivity index (χ0v) is 20.8. The normalized spacial score (nSPS) is 14.1. The summed E-state index contributed by atoms with van der Waals surface area (Å²) in [6, 6.07) is 5.00. The van der Waals surface area contributed by atoms with Crippen molar-refractivity contribution in [3.63, 3.8) is 0 Å². The molecule has 0 aliphatic rings. The molecule has 1 aromatic rings. The molecule has 0 saturated carbocycles. The zero-order chi connectivity index (χ0) is 25.0. The van der Waals surface area contributed by atoms with E-state index in [0.29, 0.717) is 18.5 Å². The maximum atomic E-state index is 11.9. The number of carbonyl (C=O) groups is 1. The van der Waals surface area contributed by atoms with E-state index in [0.717, 1.165) is 5.56 Å². The number of hydrogen-bond acceptors (Lipinski definition) is 7. The number of benzene rings is 1. The van der Waals surface area contributed by atoms with Crippen molar-refractivity contribution in [3.8, 4) is 0 Å². The molecule has 2 atom stereocenters. The van der Waals surface area contributed by atoms with E-state index in [4.69, 9.17) is 10.4 Å². The molecular formula is C22H37N4O5P. The van der Waals surface area contributed by atoms with Crippen molar-refractivity contribution in [1.82, 2.24) is 9.99 Å². The average Bonchev–Trinajstić information content (AvgIpc) is 2.75. The maximum absolute atomic E-state index is 11.9. The quantitative estimate of drug-likeness (QED) is 0.127. The predicted octanol–water partition coefficient (Wildman–Crippen LogP) is 5.50. The van der Waals surface area contributed by atoms with Gasteiger partial charge in [-0.25, -0.2) is 4.67 Å². The Balaban J connectivity index is 3.15. The molecule has 0 bridgehead atoms. The summed E-state index contributed by atoms with van der Waals surface area (Å²) in [4.78, 5) is 27.2. The van der Waals surface area contributed by atoms with Crippen LogP contribution in [-0.2, 0) is 20.4 Å². The van der Waals surface area contributed by atoms with E-state index in [-0.39, 0.29) is 43.5 Å². The van der Waals surface area contributed by atoms with Crippen molar-refractivity contribution in [2.24, 2.45) is 4.99 Å². The second-order valence-electron chi connectivity index (χ2n) is 7.79. The van der Waals surface area contributed by atoms with Gasteiger partial charge >= 0.3 is 8.53 Å². The van der Waals surface area contributed by atoms with Gasteiger partial charge in [0.1, 0.15) is 0 Å². The minimum atomic E-state index is -1.57. The number of carbonyl (C=O) groups excluding carboxylic acids is 1. The van der Waals surface area contributed by atoms with Crippen molar-refractivity contribution >= 4 is 26.5 Å². The number of hydrogen-bond donors (Lipinski definition) is 1. The highest BCUT2D eigenvalue weighted by molar-refractivity contribution is 7.45. The topological polar surface area (TPSA) is 106 Å². The Kier molecular flexibility index (Phi) is 11.6. The molecule has 0 spiro atoms. The van der Waals surface area contributed by atoms with E-state index in [9.17, 15) is 14.9 Å². The summed E-state index contributed by atoms with van der Waals surface area (Å²) in [5.41, 5.74) is 1.09. The Labute approximate surface area is 194 Å². The first kappa shape index (κ1) is 26.2. The summed E-state index contributed by atoms with van der Waals surface area (Å²) >= 11 is 0. The summed E-state index contributed by atoms with van der Waals surface area (Å²) in [5, 5.41) is 14.5. The molecule has 0 aliphatic carbocycles. The smallest absolute Gasteiger partial charge is 0.322 e. The molecule has 0 aliphatic heterocycles. The van der Waals surface area contributed by atoms with Crippen molar-refractivity contribution in [3.05, 3.63) is 39.4 Å². The van der Waals surface area contributed by atoms with Crippen LogP contribution in [0.15, 0.2) is 23.2 Å². The fourth-order valence-corrected chi connectivity index (χ4v) is 4.66. The molecule has 1 amide bonds. The third-order valence-electron chi connectivity index (χ3n) is 4.51. The molecule has 180 valence electrons. The fourth-order valence-electron chi connectivity index (χ4n) is 3.10. The van der Waals surface area contributed by atoms with Gasteiger partial charge < -0.3 is 14.4 Å². The zero-order valence-electron chi connectivity index (χ0n) is 20.9. The summed E-state index contributed by atoms with van der Waals surface area (Å²) < 4.78 is 21.3. The Morgan fingerprint density at radius 3 is 2.59 bits per heavy atom. The van der Waals surface area contributed by atoms with E-state index in [1.54, 1.807) is 19.1 Å². The van der Waals surface area contributed by atoms with Crippen LogP contribution in [0.5, 0.6) is 0 Å². The number of nitrogens with zero attached hydrogens (tertiary/aromatic N) is 3. The van der Waals surface area contributed by atoms with Crippen molar-refractivity contribution in [1.29, 1.82) is 0 Å². The van der Waals surface area contributed by atoms with Gasteiger partial charge in [0.05, 0.1) is 16.6 Å². The first-order valence-electron chi connectivity index (χ1n) is 11.6. The first-order chi connectivity index (χ1) is 15.6. The van der Waals surface area contributed by atoms with Gasteiger partial charge in [-0.2, -0.15) is 0 Å². The van der Waals surface area contributed by atoms with E-state index in [1.807, 2.05) is 34.6 Å². The standard InChI is InChI=1S/C22H37N4O5P/c1-8-10-22(27)24-14-19-11-12-21(26(28)29)20(13-19)18(7)31-32(30-15-23-9-2)25(16(3)4)17(5)6/h11-13,15-18H,8-10,14H2,1-7H3,(H,24,27)/b23-15+/i1D. The van der Waals surface area contributed by atoms with Crippen LogP contribution in [0, 0.1) is 10.1 Å². The monoisotopic (exact) mass is 469 g/mol. The lowest BCUT2D eigenvalue weighted by atomic mass is 10.0. The number of nitro benzene ring substituents is 1. The lowest BCUT2D eigenvalue weighted by Gasteiger charge is -2.35. The van der Waals surface area contributed by atoms with Crippen LogP contribution in [0.4, 0.5) is 5.69 Å². The molecule has 2 unspecified atom stereocenters. The number of aliphatic imine (C=N–C) groups is 1. The Hall–Kier alpha value is -2.09. The minimum Gasteiger partial charge on any atom is -0.425 e. The van der Waals surface area contributed by atoms with E-state index < -0.39 is 19.6 Å². The van der Waals surface area contributed by atoms with Crippen LogP contribution in [0.25, 0.3) is 0 Å². The molecule has 1 N–H and O–H groups in total. The molecular weight excluding hydrogens is 431 g/mol. The van der Waals surface area contributed by atoms with Gasteiger partial charge in [-0.1, -0.05) is 13.0 Å². The number of nitrogens with one attached hydrogen (secondary N) is 1. The predicted molar refractivity (Wildman–Crippen MR) is 129 cm³/mol. The molecule has 9 nitrogen and oxygen atoms in total. The van der Waals surface area contributed by atoms with Gasteiger partial charge in [-0.05, 0) is 59.6 Å². The number of rotatable bonds is 14. The second-order valence-corrected chi connectivity index (χ2v) is 9.15. The van der Waals surface area contributed by atoms with Gasteiger partial charge in [0, 0.05) is 39.0 Å². The largest absolute Gasteiger partial charge is 0.425 e. The summed E-state index contributed by atoms with van der Waals surface area (Å²) in [6.45, 7) is 12.8. The Morgan fingerprint density at radius 1 is 1.34 bits per heavy atom. The Morgan fingerprint density at radius 2 is 2.03 bits per heavy atom. The van der Waals surface area contributed by atoms with Gasteiger partial charge in [0.15, 0.2) is 6.40 Å². The van der Waals surface area contributed by atoms with Gasteiger partial charge in [-0.3, -0.25) is 19.9 Å². The van der Waals surface area contributed by atoms with Crippen molar-refractivity contribution in [2.45, 2.75) is 86.0 Å². The van der Waals surface area contributed by atoms with Crippen LogP contribution in [0.2, 0.25) is 0 Å². The SMILES string of the molecule is [2H]CCCC(=O)NCc1ccc([N+](=O)[O-])c(C(C)OP(O/C=N/CC)N(C(C)C)C(C)C)c1. The Bertz CT molecular complexity index is 786. The number of amides is 1. The summed E-state index contributed by atoms with van der Waals surface area (Å²) in [5.74, 6) is -0.150. The lowest BCUT2D eigenvalue weighted by Crippen LogP contribution is -2.33. The fraction of sp³-hybridized carbons (Fsp3) is 0.636. The molecule has 0 saturated heterocycles. The molecule has 0 fully saturated rings. The molecule has 1 rings (SSSR count). The van der Waals surface area contributed by atoms with Crippen LogP contribution in [-0.4, -0.2) is 40.5 Å². The third kappa shape index (κ3) is 8.81. The van der Waals surface area contributed by atoms with E-state index in [2.05, 4.69) is 15.0 Å². The number of nitro groups is 1. The van der Waals surface area contributed by atoms with Crippen molar-refractivity contribution < 1.29 is 20.1 Å². The summed E-state index contributed by atoms with van der Waals surface area (Å²) in [7, 11) is -1.57. The molecule has 0 radical (unpaired) electrons. The van der Waals surface area contributed by atoms with Crippen LogP contribution >= 0.6 is 8.53 Å². The van der Waals surface area contributed by atoms with Crippen LogP contribution < -0.4 is 5.32 Å². The molecule has 0 heterocycles. The highest BCUT2D eigenvalue weighted by Crippen LogP contribution is 2.49. The minimum absolute atomic E-state index is 0.0513. The molecule has 0 aromatic heterocycles. The first-order valence-corrected chi connectivity index (χ1v) is 12.0. The third-order valence-corrected chi connectivity index (χ3v) is 6.58. The second kappa shape index (κ2) is 14.1. The highest BCUT2D eigenvalue weighted by atomic mass is 31.2. The van der Waals surface area contributed by atoms with Crippen molar-refractivity contribution in [2.75, 3.05) is 6.54 Å². The molecule has 1 aromatic carbocycles. The van der Waals surface area contributed by atoms with E-state index >= 15 is 0 Å². The van der Waals surface area contributed by atoms with E-state index in [1.165, 1.54) is 12.5 Å². The van der Waals surface area contributed by atoms with Gasteiger partial charge in [0.25, 0.3) is 5.69 Å².